The number of rotatable bonds is 2. The van der Waals surface area contributed by atoms with E-state index in [1.54, 1.807) is 17.4 Å². The van der Waals surface area contributed by atoms with Crippen LogP contribution in [0.2, 0.25) is 0 Å². The van der Waals surface area contributed by atoms with Crippen LogP contribution in [0.25, 0.3) is 16.2 Å². The molecule has 2 aromatic rings. The number of carboxylic acids is 1. The zero-order valence-corrected chi connectivity index (χ0v) is 12.5. The van der Waals surface area contributed by atoms with E-state index < -0.39 is 5.97 Å². The minimum Gasteiger partial charge on any atom is -0.478 e. The van der Waals surface area contributed by atoms with Crippen LogP contribution in [0.3, 0.4) is 0 Å². The van der Waals surface area contributed by atoms with Gasteiger partial charge in [-0.05, 0) is 47.1 Å². The number of aryl methyl sites for hydroxylation is 1. The molecule has 3 heteroatoms. The summed E-state index contributed by atoms with van der Waals surface area (Å²) in [5.74, 6) is -0.910. The van der Waals surface area contributed by atoms with Gasteiger partial charge in [0.1, 0.15) is 0 Å². The smallest absolute Gasteiger partial charge is 0.328 e. The fourth-order valence-electron chi connectivity index (χ4n) is 2.01. The highest BCUT2D eigenvalue weighted by atomic mass is 32.1. The third-order valence-corrected chi connectivity index (χ3v) is 4.45. The van der Waals surface area contributed by atoms with Crippen molar-refractivity contribution in [3.8, 4) is 0 Å². The summed E-state index contributed by atoms with van der Waals surface area (Å²) in [6, 6.07) is 6.51. The molecule has 0 aliphatic carbocycles. The van der Waals surface area contributed by atoms with Crippen molar-refractivity contribution in [1.82, 2.24) is 0 Å². The Bertz CT molecular complexity index is 657. The SMILES string of the molecule is Cc1c(/C=C/C(=O)O)sc2ccc(C(C)(C)C)cc12. The Hall–Kier alpha value is -1.61. The number of fused-ring (bicyclic) bond motifs is 1. The Labute approximate surface area is 117 Å². The van der Waals surface area contributed by atoms with E-state index in [1.165, 1.54) is 21.7 Å². The largest absolute Gasteiger partial charge is 0.478 e. The minimum absolute atomic E-state index is 0.125. The van der Waals surface area contributed by atoms with E-state index in [-0.39, 0.29) is 5.41 Å². The highest BCUT2D eigenvalue weighted by molar-refractivity contribution is 7.20. The molecule has 2 nitrogen and oxygen atoms in total. The topological polar surface area (TPSA) is 37.3 Å². The van der Waals surface area contributed by atoms with Crippen molar-refractivity contribution in [1.29, 1.82) is 0 Å². The molecule has 1 aromatic heterocycles. The number of hydrogen-bond acceptors (Lipinski definition) is 2. The van der Waals surface area contributed by atoms with Crippen LogP contribution in [0.5, 0.6) is 0 Å². The molecule has 1 heterocycles. The Kier molecular flexibility index (Phi) is 3.50. The third-order valence-electron chi connectivity index (χ3n) is 3.22. The Morgan fingerprint density at radius 3 is 2.58 bits per heavy atom. The lowest BCUT2D eigenvalue weighted by Gasteiger charge is -2.19. The van der Waals surface area contributed by atoms with Gasteiger partial charge in [0.05, 0.1) is 0 Å². The minimum atomic E-state index is -0.910. The van der Waals surface area contributed by atoms with E-state index in [0.717, 1.165) is 10.4 Å². The number of carboxylic acid groups (broad SMARTS) is 1. The number of carbonyl (C=O) groups is 1. The highest BCUT2D eigenvalue weighted by Crippen LogP contribution is 2.35. The molecule has 0 aliphatic heterocycles. The maximum atomic E-state index is 10.6. The van der Waals surface area contributed by atoms with Crippen LogP contribution in [-0.4, -0.2) is 11.1 Å². The monoisotopic (exact) mass is 274 g/mol. The van der Waals surface area contributed by atoms with E-state index >= 15 is 0 Å². The van der Waals surface area contributed by atoms with E-state index in [0.29, 0.717) is 0 Å². The maximum absolute atomic E-state index is 10.6. The van der Waals surface area contributed by atoms with Crippen molar-refractivity contribution >= 4 is 33.5 Å². The Morgan fingerprint density at radius 1 is 1.32 bits per heavy atom. The van der Waals surface area contributed by atoms with Gasteiger partial charge in [-0.2, -0.15) is 0 Å². The predicted molar refractivity (Wildman–Crippen MR) is 81.9 cm³/mol. The average Bonchev–Trinajstić information content (AvgIpc) is 2.62. The van der Waals surface area contributed by atoms with Crippen LogP contribution in [-0.2, 0) is 10.2 Å². The predicted octanol–water partition coefficient (Wildman–Crippen LogP) is 4.61. The standard InChI is InChI=1S/C16H18O2S/c1-10-12-9-11(16(2,3)4)5-6-14(12)19-13(10)7-8-15(17)18/h5-9H,1-4H3,(H,17,18)/b8-7+. The molecular weight excluding hydrogens is 256 g/mol. The lowest BCUT2D eigenvalue weighted by molar-refractivity contribution is -0.131. The van der Waals surface area contributed by atoms with Gasteiger partial charge in [0.2, 0.25) is 0 Å². The van der Waals surface area contributed by atoms with Gasteiger partial charge in [0.15, 0.2) is 0 Å². The molecule has 2 rings (SSSR count). The van der Waals surface area contributed by atoms with Crippen molar-refractivity contribution in [3.63, 3.8) is 0 Å². The molecule has 0 amide bonds. The fraction of sp³-hybridized carbons (Fsp3) is 0.312. The number of thiophene rings is 1. The summed E-state index contributed by atoms with van der Waals surface area (Å²) in [5, 5.41) is 9.93. The van der Waals surface area contributed by atoms with Crippen LogP contribution in [0.15, 0.2) is 24.3 Å². The maximum Gasteiger partial charge on any atom is 0.328 e. The summed E-state index contributed by atoms with van der Waals surface area (Å²) < 4.78 is 1.20. The van der Waals surface area contributed by atoms with Gasteiger partial charge >= 0.3 is 5.97 Å². The van der Waals surface area contributed by atoms with Crippen LogP contribution < -0.4 is 0 Å². The molecule has 0 atom stereocenters. The van der Waals surface area contributed by atoms with Gasteiger partial charge in [0.25, 0.3) is 0 Å². The van der Waals surface area contributed by atoms with Crippen LogP contribution >= 0.6 is 11.3 Å². The molecule has 0 unspecified atom stereocenters. The van der Waals surface area contributed by atoms with Gasteiger partial charge in [-0.25, -0.2) is 4.79 Å². The molecule has 0 saturated carbocycles. The molecule has 0 saturated heterocycles. The van der Waals surface area contributed by atoms with Crippen LogP contribution in [0.1, 0.15) is 36.8 Å². The summed E-state index contributed by atoms with van der Waals surface area (Å²) in [6.07, 6.45) is 2.88. The van der Waals surface area contributed by atoms with Gasteiger partial charge < -0.3 is 5.11 Å². The summed E-state index contributed by atoms with van der Waals surface area (Å²) in [4.78, 5) is 11.6. The second-order valence-corrected chi connectivity index (χ2v) is 6.81. The van der Waals surface area contributed by atoms with Crippen LogP contribution in [0.4, 0.5) is 0 Å². The molecule has 0 aliphatic rings. The first-order valence-corrected chi connectivity index (χ1v) is 7.05. The van der Waals surface area contributed by atoms with Crippen LogP contribution in [0, 0.1) is 6.92 Å². The molecule has 1 N–H and O–H groups in total. The van der Waals surface area contributed by atoms with E-state index in [1.807, 2.05) is 6.92 Å². The number of hydrogen-bond donors (Lipinski definition) is 1. The van der Waals surface area contributed by atoms with Crippen molar-refractivity contribution in [2.75, 3.05) is 0 Å². The lowest BCUT2D eigenvalue weighted by atomic mass is 9.86. The molecule has 0 fully saturated rings. The molecule has 0 spiro atoms. The molecule has 19 heavy (non-hydrogen) atoms. The van der Waals surface area contributed by atoms with Crippen molar-refractivity contribution in [2.24, 2.45) is 0 Å². The highest BCUT2D eigenvalue weighted by Gasteiger charge is 2.15. The van der Waals surface area contributed by atoms with E-state index in [2.05, 4.69) is 39.0 Å². The van der Waals surface area contributed by atoms with E-state index in [4.69, 9.17) is 5.11 Å². The van der Waals surface area contributed by atoms with Crippen molar-refractivity contribution in [3.05, 3.63) is 40.3 Å². The molecule has 0 bridgehead atoms. The molecule has 0 radical (unpaired) electrons. The normalized spacial score (nSPS) is 12.4. The van der Waals surface area contributed by atoms with E-state index in [9.17, 15) is 4.79 Å². The fourth-order valence-corrected chi connectivity index (χ4v) is 3.11. The number of benzene rings is 1. The Balaban J connectivity index is 2.55. The second kappa shape index (κ2) is 4.82. The van der Waals surface area contributed by atoms with Gasteiger partial charge in [0, 0.05) is 15.7 Å². The average molecular weight is 274 g/mol. The lowest BCUT2D eigenvalue weighted by Crippen LogP contribution is -2.10. The second-order valence-electron chi connectivity index (χ2n) is 5.72. The summed E-state index contributed by atoms with van der Waals surface area (Å²) in [7, 11) is 0. The number of aliphatic carboxylic acids is 1. The van der Waals surface area contributed by atoms with Crippen molar-refractivity contribution < 1.29 is 9.90 Å². The first-order valence-electron chi connectivity index (χ1n) is 6.23. The first-order chi connectivity index (χ1) is 8.79. The van der Waals surface area contributed by atoms with Gasteiger partial charge in [-0.1, -0.05) is 26.8 Å². The zero-order chi connectivity index (χ0) is 14.2. The van der Waals surface area contributed by atoms with Crippen molar-refractivity contribution in [2.45, 2.75) is 33.1 Å². The summed E-state index contributed by atoms with van der Waals surface area (Å²) in [6.45, 7) is 8.64. The third kappa shape index (κ3) is 2.87. The molecular formula is C16H18O2S. The van der Waals surface area contributed by atoms with Gasteiger partial charge in [-0.15, -0.1) is 11.3 Å². The van der Waals surface area contributed by atoms with Gasteiger partial charge in [-0.3, -0.25) is 0 Å². The molecule has 1 aromatic carbocycles. The molecule has 100 valence electrons. The zero-order valence-electron chi connectivity index (χ0n) is 11.7. The summed E-state index contributed by atoms with van der Waals surface area (Å²) in [5.41, 5.74) is 2.58. The first kappa shape index (κ1) is 13.8. The quantitative estimate of drug-likeness (QED) is 0.812. The Morgan fingerprint density at radius 2 is 2.00 bits per heavy atom. The summed E-state index contributed by atoms with van der Waals surface area (Å²) >= 11 is 1.64.